The second kappa shape index (κ2) is 6.88. The quantitative estimate of drug-likeness (QED) is 0.675. The molecule has 0 unspecified atom stereocenters. The molecule has 0 amide bonds. The number of fused-ring (bicyclic) bond motifs is 1. The van der Waals surface area contributed by atoms with Crippen molar-refractivity contribution < 1.29 is 9.90 Å². The fraction of sp³-hybridized carbons (Fsp3) is 0. The monoisotopic (exact) mass is 394 g/mol. The molecule has 0 saturated carbocycles. The Bertz CT molecular complexity index is 1090. The van der Waals surface area contributed by atoms with Crippen LogP contribution < -0.4 is 5.56 Å². The molecule has 1 heterocycles. The Balaban J connectivity index is 2.10. The number of aromatic amines is 1. The van der Waals surface area contributed by atoms with Gasteiger partial charge in [0.25, 0.3) is 5.56 Å². The van der Waals surface area contributed by atoms with Gasteiger partial charge in [0.1, 0.15) is 0 Å². The fourth-order valence-electron chi connectivity index (χ4n) is 2.20. The van der Waals surface area contributed by atoms with Crippen molar-refractivity contribution in [2.45, 2.75) is 0 Å². The minimum absolute atomic E-state index is 0.0288. The van der Waals surface area contributed by atoms with Crippen LogP contribution in [0.25, 0.3) is 22.0 Å². The molecule has 3 aromatic rings. The summed E-state index contributed by atoms with van der Waals surface area (Å²) >= 11 is 18.1. The van der Waals surface area contributed by atoms with Crippen LogP contribution in [0.15, 0.2) is 41.2 Å². The summed E-state index contributed by atoms with van der Waals surface area (Å²) < 4.78 is 0. The van der Waals surface area contributed by atoms with Gasteiger partial charge >= 0.3 is 5.97 Å². The van der Waals surface area contributed by atoms with Crippen molar-refractivity contribution in [2.75, 3.05) is 0 Å². The van der Waals surface area contributed by atoms with Crippen molar-refractivity contribution in [2.24, 2.45) is 0 Å². The van der Waals surface area contributed by atoms with Crippen molar-refractivity contribution >= 4 is 62.8 Å². The standard InChI is InChI=1S/C17H9Cl3N2O3/c18-11-4-1-8(5-12(11)19)6-13(20)15-21-14-7-9(17(24)25)2-3-10(14)16(23)22-15/h1-7H,(H,24,25)(H,21,22,23). The molecule has 1 aromatic heterocycles. The number of carbonyl (C=O) groups is 1. The number of nitrogens with one attached hydrogen (secondary N) is 1. The largest absolute Gasteiger partial charge is 0.478 e. The van der Waals surface area contributed by atoms with E-state index in [-0.39, 0.29) is 27.3 Å². The molecule has 0 bridgehead atoms. The lowest BCUT2D eigenvalue weighted by Gasteiger charge is -2.04. The number of carboxylic acids is 1. The lowest BCUT2D eigenvalue weighted by atomic mass is 10.1. The van der Waals surface area contributed by atoms with Gasteiger partial charge in [-0.25, -0.2) is 9.78 Å². The van der Waals surface area contributed by atoms with Gasteiger partial charge in [-0.1, -0.05) is 40.9 Å². The average Bonchev–Trinajstić information content (AvgIpc) is 2.57. The molecule has 0 aliphatic heterocycles. The number of halogens is 3. The third kappa shape index (κ3) is 3.69. The van der Waals surface area contributed by atoms with Gasteiger partial charge in [-0.15, -0.1) is 0 Å². The Morgan fingerprint density at radius 1 is 1.12 bits per heavy atom. The van der Waals surface area contributed by atoms with Crippen LogP contribution in [0.5, 0.6) is 0 Å². The van der Waals surface area contributed by atoms with E-state index in [1.165, 1.54) is 18.2 Å². The second-order valence-corrected chi connectivity index (χ2v) is 6.34. The number of nitrogens with zero attached hydrogens (tertiary/aromatic N) is 1. The SMILES string of the molecule is O=C(O)c1ccc2c(=O)[nH]c(C(Cl)=Cc3ccc(Cl)c(Cl)c3)nc2c1. The van der Waals surface area contributed by atoms with Gasteiger partial charge in [0.2, 0.25) is 0 Å². The van der Waals surface area contributed by atoms with Crippen LogP contribution in [0.2, 0.25) is 10.0 Å². The minimum Gasteiger partial charge on any atom is -0.478 e. The van der Waals surface area contributed by atoms with Crippen LogP contribution in [0.4, 0.5) is 0 Å². The molecule has 25 heavy (non-hydrogen) atoms. The normalized spacial score (nSPS) is 11.7. The summed E-state index contributed by atoms with van der Waals surface area (Å²) in [4.78, 5) is 30.1. The Morgan fingerprint density at radius 2 is 1.88 bits per heavy atom. The molecule has 0 radical (unpaired) electrons. The maximum atomic E-state index is 12.2. The molecule has 0 aliphatic rings. The van der Waals surface area contributed by atoms with Crippen molar-refractivity contribution in [3.63, 3.8) is 0 Å². The van der Waals surface area contributed by atoms with Gasteiger partial charge in [-0.3, -0.25) is 4.79 Å². The first-order valence-corrected chi connectivity index (χ1v) is 8.08. The molecule has 2 aromatic carbocycles. The molecule has 5 nitrogen and oxygen atoms in total. The first-order chi connectivity index (χ1) is 11.8. The summed E-state index contributed by atoms with van der Waals surface area (Å²) in [5, 5.41) is 10.3. The fourth-order valence-corrected chi connectivity index (χ4v) is 2.72. The first-order valence-electron chi connectivity index (χ1n) is 6.95. The second-order valence-electron chi connectivity index (χ2n) is 5.12. The van der Waals surface area contributed by atoms with E-state index in [1.807, 2.05) is 0 Å². The highest BCUT2D eigenvalue weighted by Gasteiger charge is 2.10. The molecule has 2 N–H and O–H groups in total. The van der Waals surface area contributed by atoms with Gasteiger partial charge < -0.3 is 10.1 Å². The topological polar surface area (TPSA) is 83.0 Å². The smallest absolute Gasteiger partial charge is 0.335 e. The lowest BCUT2D eigenvalue weighted by molar-refractivity contribution is 0.0697. The summed E-state index contributed by atoms with van der Waals surface area (Å²) in [5.41, 5.74) is 0.513. The third-order valence-electron chi connectivity index (χ3n) is 3.42. The Morgan fingerprint density at radius 3 is 2.56 bits per heavy atom. The molecule has 0 fully saturated rings. The molecule has 0 aliphatic carbocycles. The van der Waals surface area contributed by atoms with Crippen molar-refractivity contribution in [1.29, 1.82) is 0 Å². The van der Waals surface area contributed by atoms with Crippen LogP contribution in [0.3, 0.4) is 0 Å². The number of carboxylic acid groups (broad SMARTS) is 1. The zero-order chi connectivity index (χ0) is 18.1. The van der Waals surface area contributed by atoms with Crippen molar-refractivity contribution in [3.8, 4) is 0 Å². The van der Waals surface area contributed by atoms with E-state index in [4.69, 9.17) is 39.9 Å². The lowest BCUT2D eigenvalue weighted by Crippen LogP contribution is -2.11. The van der Waals surface area contributed by atoms with E-state index in [9.17, 15) is 9.59 Å². The van der Waals surface area contributed by atoms with Gasteiger partial charge in [0, 0.05) is 0 Å². The summed E-state index contributed by atoms with van der Waals surface area (Å²) in [6.45, 7) is 0. The maximum absolute atomic E-state index is 12.2. The molecule has 0 saturated heterocycles. The zero-order valence-electron chi connectivity index (χ0n) is 12.4. The summed E-state index contributed by atoms with van der Waals surface area (Å²) in [6, 6.07) is 9.01. The highest BCUT2D eigenvalue weighted by molar-refractivity contribution is 6.50. The van der Waals surface area contributed by atoms with E-state index in [2.05, 4.69) is 9.97 Å². The Labute approximate surface area is 156 Å². The Hall–Kier alpha value is -2.34. The molecule has 8 heteroatoms. The third-order valence-corrected chi connectivity index (χ3v) is 4.44. The zero-order valence-corrected chi connectivity index (χ0v) is 14.7. The van der Waals surface area contributed by atoms with Crippen LogP contribution in [-0.2, 0) is 0 Å². The first kappa shape index (κ1) is 17.5. The summed E-state index contributed by atoms with van der Waals surface area (Å²) in [5.74, 6) is -0.990. The van der Waals surface area contributed by atoms with E-state index < -0.39 is 11.5 Å². The summed E-state index contributed by atoms with van der Waals surface area (Å²) in [7, 11) is 0. The Kier molecular flexibility index (Phi) is 4.81. The van der Waals surface area contributed by atoms with Crippen molar-refractivity contribution in [1.82, 2.24) is 9.97 Å². The van der Waals surface area contributed by atoms with Gasteiger partial charge in [-0.05, 0) is 42.0 Å². The van der Waals surface area contributed by atoms with Gasteiger partial charge in [0.15, 0.2) is 5.82 Å². The molecule has 3 rings (SSSR count). The van der Waals surface area contributed by atoms with Crippen LogP contribution in [0.1, 0.15) is 21.7 Å². The number of hydrogen-bond donors (Lipinski definition) is 2. The number of rotatable bonds is 3. The van der Waals surface area contributed by atoms with Gasteiger partial charge in [0.05, 0.1) is 31.5 Å². The van der Waals surface area contributed by atoms with E-state index in [0.717, 1.165) is 0 Å². The summed E-state index contributed by atoms with van der Waals surface area (Å²) in [6.07, 6.45) is 1.56. The molecule has 0 atom stereocenters. The number of hydrogen-bond acceptors (Lipinski definition) is 3. The maximum Gasteiger partial charge on any atom is 0.335 e. The highest BCUT2D eigenvalue weighted by Crippen LogP contribution is 2.26. The molecular weight excluding hydrogens is 387 g/mol. The average molecular weight is 396 g/mol. The van der Waals surface area contributed by atoms with E-state index in [1.54, 1.807) is 24.3 Å². The molecule has 0 spiro atoms. The highest BCUT2D eigenvalue weighted by atomic mass is 35.5. The molecule has 126 valence electrons. The van der Waals surface area contributed by atoms with Crippen LogP contribution in [0, 0.1) is 0 Å². The van der Waals surface area contributed by atoms with E-state index in [0.29, 0.717) is 15.6 Å². The minimum atomic E-state index is -1.11. The number of benzene rings is 2. The number of aromatic nitrogens is 2. The van der Waals surface area contributed by atoms with E-state index >= 15 is 0 Å². The van der Waals surface area contributed by atoms with Gasteiger partial charge in [-0.2, -0.15) is 0 Å². The number of H-pyrrole nitrogens is 1. The predicted octanol–water partition coefficient (Wildman–Crippen LogP) is 4.67. The van der Waals surface area contributed by atoms with Crippen LogP contribution >= 0.6 is 34.8 Å². The predicted molar refractivity (Wildman–Crippen MR) is 99.5 cm³/mol. The molecular formula is C17H9Cl3N2O3. The van der Waals surface area contributed by atoms with Crippen molar-refractivity contribution in [3.05, 3.63) is 73.7 Å². The van der Waals surface area contributed by atoms with Crippen LogP contribution in [-0.4, -0.2) is 21.0 Å². The number of aromatic carboxylic acids is 1.